The molecule has 0 amide bonds. The Morgan fingerprint density at radius 2 is 1.90 bits per heavy atom. The molecule has 0 saturated carbocycles. The number of hydrogen-bond acceptors (Lipinski definition) is 7. The fourth-order valence-electron chi connectivity index (χ4n) is 2.89. The van der Waals surface area contributed by atoms with E-state index < -0.39 is 12.7 Å². The number of alkyl halides is 3. The molecule has 29 heavy (non-hydrogen) atoms. The third kappa shape index (κ3) is 5.28. The first-order valence-electron chi connectivity index (χ1n) is 8.69. The van der Waals surface area contributed by atoms with Crippen molar-refractivity contribution in [2.24, 2.45) is 0 Å². The lowest BCUT2D eigenvalue weighted by atomic mass is 10.2. The highest BCUT2D eigenvalue weighted by molar-refractivity contribution is 9.10. The van der Waals surface area contributed by atoms with Gasteiger partial charge in [-0.3, -0.25) is 4.57 Å². The largest absolute Gasteiger partial charge is 0.493 e. The van der Waals surface area contributed by atoms with Crippen molar-refractivity contribution in [3.8, 4) is 11.5 Å². The predicted octanol–water partition coefficient (Wildman–Crippen LogP) is 3.75. The van der Waals surface area contributed by atoms with Crippen LogP contribution in [0.25, 0.3) is 0 Å². The summed E-state index contributed by atoms with van der Waals surface area (Å²) in [7, 11) is 3.06. The Kier molecular flexibility index (Phi) is 7.17. The zero-order valence-corrected chi connectivity index (χ0v) is 18.2. The van der Waals surface area contributed by atoms with Crippen LogP contribution < -0.4 is 14.4 Å². The first-order chi connectivity index (χ1) is 13.8. The molecule has 1 aliphatic heterocycles. The number of morpholine rings is 1. The van der Waals surface area contributed by atoms with Crippen molar-refractivity contribution in [3.05, 3.63) is 22.2 Å². The summed E-state index contributed by atoms with van der Waals surface area (Å²) in [5, 5.41) is 8.24. The Morgan fingerprint density at radius 1 is 1.17 bits per heavy atom. The molecule has 1 fully saturated rings. The van der Waals surface area contributed by atoms with Gasteiger partial charge in [0.2, 0.25) is 5.95 Å². The van der Waals surface area contributed by atoms with Gasteiger partial charge in [-0.2, -0.15) is 13.2 Å². The van der Waals surface area contributed by atoms with Crippen molar-refractivity contribution < 1.29 is 27.4 Å². The number of hydrogen-bond donors (Lipinski definition) is 0. The van der Waals surface area contributed by atoms with Crippen molar-refractivity contribution in [3.63, 3.8) is 0 Å². The van der Waals surface area contributed by atoms with Crippen LogP contribution in [0.3, 0.4) is 0 Å². The molecule has 12 heteroatoms. The van der Waals surface area contributed by atoms with Crippen molar-refractivity contribution in [2.45, 2.75) is 23.6 Å². The lowest BCUT2D eigenvalue weighted by Gasteiger charge is -2.28. The smallest absolute Gasteiger partial charge is 0.406 e. The highest BCUT2D eigenvalue weighted by Crippen LogP contribution is 2.40. The maximum atomic E-state index is 13.2. The molecule has 2 heterocycles. The molecule has 0 radical (unpaired) electrons. The maximum Gasteiger partial charge on any atom is 0.406 e. The average Bonchev–Trinajstić information content (AvgIpc) is 3.08. The van der Waals surface area contributed by atoms with Crippen molar-refractivity contribution in [2.75, 3.05) is 45.4 Å². The van der Waals surface area contributed by atoms with Gasteiger partial charge in [0.05, 0.1) is 31.9 Å². The summed E-state index contributed by atoms with van der Waals surface area (Å²) in [5.41, 5.74) is 0.835. The van der Waals surface area contributed by atoms with E-state index in [2.05, 4.69) is 26.1 Å². The first-order valence-corrected chi connectivity index (χ1v) is 10.5. The van der Waals surface area contributed by atoms with E-state index in [0.29, 0.717) is 48.0 Å². The molecular formula is C17H20BrF3N4O3S. The number of methoxy groups -OCH3 is 2. The first kappa shape index (κ1) is 22.0. The fraction of sp³-hybridized carbons (Fsp3) is 0.529. The number of thioether (sulfide) groups is 1. The number of benzene rings is 1. The molecule has 0 N–H and O–H groups in total. The Morgan fingerprint density at radius 3 is 2.52 bits per heavy atom. The molecule has 0 spiro atoms. The third-order valence-electron chi connectivity index (χ3n) is 4.25. The van der Waals surface area contributed by atoms with Gasteiger partial charge in [0.1, 0.15) is 6.54 Å². The molecule has 1 aromatic carbocycles. The number of anilines is 1. The second-order valence-corrected chi connectivity index (χ2v) is 7.88. The Balaban J connectivity index is 1.84. The van der Waals surface area contributed by atoms with Gasteiger partial charge in [0.25, 0.3) is 0 Å². The van der Waals surface area contributed by atoms with Gasteiger partial charge in [-0.15, -0.1) is 10.2 Å². The van der Waals surface area contributed by atoms with Gasteiger partial charge in [-0.05, 0) is 27.6 Å². The van der Waals surface area contributed by atoms with Crippen LogP contribution in [-0.2, 0) is 17.0 Å². The SMILES string of the molecule is COc1ccc(CSc2nnc(N3CCOCC3)n2CC(F)(F)F)c(Br)c1OC. The predicted molar refractivity (Wildman–Crippen MR) is 106 cm³/mol. The molecule has 0 unspecified atom stereocenters. The van der Waals surface area contributed by atoms with Gasteiger partial charge < -0.3 is 19.1 Å². The summed E-state index contributed by atoms with van der Waals surface area (Å²) in [6.45, 7) is 0.686. The summed E-state index contributed by atoms with van der Waals surface area (Å²) in [5.74, 6) is 1.67. The Hall–Kier alpha value is -1.66. The molecule has 7 nitrogen and oxygen atoms in total. The summed E-state index contributed by atoms with van der Waals surface area (Å²) in [6, 6.07) is 3.57. The number of aromatic nitrogens is 3. The van der Waals surface area contributed by atoms with E-state index in [1.54, 1.807) is 11.0 Å². The van der Waals surface area contributed by atoms with Crippen LogP contribution in [0, 0.1) is 0 Å². The molecule has 1 saturated heterocycles. The minimum absolute atomic E-state index is 0.200. The minimum Gasteiger partial charge on any atom is -0.493 e. The van der Waals surface area contributed by atoms with Crippen molar-refractivity contribution in [1.82, 2.24) is 14.8 Å². The highest BCUT2D eigenvalue weighted by Gasteiger charge is 2.33. The number of nitrogens with zero attached hydrogens (tertiary/aromatic N) is 4. The number of rotatable bonds is 7. The zero-order chi connectivity index (χ0) is 21.0. The van der Waals surface area contributed by atoms with Crippen LogP contribution in [0.15, 0.2) is 21.8 Å². The van der Waals surface area contributed by atoms with Crippen LogP contribution in [0.5, 0.6) is 11.5 Å². The van der Waals surface area contributed by atoms with Crippen LogP contribution in [-0.4, -0.2) is 61.5 Å². The Bertz CT molecular complexity index is 844. The second kappa shape index (κ2) is 9.43. The van der Waals surface area contributed by atoms with E-state index in [-0.39, 0.29) is 11.1 Å². The van der Waals surface area contributed by atoms with Gasteiger partial charge in [0, 0.05) is 18.8 Å². The fourth-order valence-corrected chi connectivity index (χ4v) is 4.63. The lowest BCUT2D eigenvalue weighted by molar-refractivity contribution is -0.141. The normalized spacial score (nSPS) is 14.9. The van der Waals surface area contributed by atoms with E-state index in [4.69, 9.17) is 14.2 Å². The molecule has 2 aromatic rings. The van der Waals surface area contributed by atoms with E-state index in [1.165, 1.54) is 26.0 Å². The van der Waals surface area contributed by atoms with E-state index in [9.17, 15) is 13.2 Å². The molecular weight excluding hydrogens is 477 g/mol. The zero-order valence-electron chi connectivity index (χ0n) is 15.8. The average molecular weight is 497 g/mol. The Labute approximate surface area is 178 Å². The number of ether oxygens (including phenoxy) is 3. The van der Waals surface area contributed by atoms with Gasteiger partial charge in [-0.1, -0.05) is 17.8 Å². The molecule has 0 bridgehead atoms. The molecule has 0 aliphatic carbocycles. The summed E-state index contributed by atoms with van der Waals surface area (Å²) in [4.78, 5) is 1.76. The monoisotopic (exact) mass is 496 g/mol. The summed E-state index contributed by atoms with van der Waals surface area (Å²) in [6.07, 6.45) is -4.39. The molecule has 3 rings (SSSR count). The standard InChI is InChI=1S/C17H20BrF3N4O3S/c1-26-12-4-3-11(13(18)14(12)27-2)9-29-16-23-22-15(24-5-7-28-8-6-24)25(16)10-17(19,20)21/h3-4H,5-10H2,1-2H3. The van der Waals surface area contributed by atoms with Gasteiger partial charge >= 0.3 is 6.18 Å². The summed E-state index contributed by atoms with van der Waals surface area (Å²) >= 11 is 4.66. The maximum absolute atomic E-state index is 13.2. The number of halogens is 4. The minimum atomic E-state index is -4.39. The molecule has 1 aromatic heterocycles. The van der Waals surface area contributed by atoms with Crippen LogP contribution in [0.1, 0.15) is 5.56 Å². The van der Waals surface area contributed by atoms with Crippen molar-refractivity contribution in [1.29, 1.82) is 0 Å². The molecule has 160 valence electrons. The third-order valence-corrected chi connectivity index (χ3v) is 6.14. The molecule has 1 aliphatic rings. The van der Waals surface area contributed by atoms with Crippen LogP contribution in [0.4, 0.5) is 19.1 Å². The topological polar surface area (TPSA) is 61.6 Å². The second-order valence-electron chi connectivity index (χ2n) is 6.15. The van der Waals surface area contributed by atoms with E-state index >= 15 is 0 Å². The van der Waals surface area contributed by atoms with E-state index in [0.717, 1.165) is 10.1 Å². The van der Waals surface area contributed by atoms with Gasteiger partial charge in [-0.25, -0.2) is 0 Å². The van der Waals surface area contributed by atoms with E-state index in [1.807, 2.05) is 6.07 Å². The molecule has 0 atom stereocenters. The van der Waals surface area contributed by atoms with Crippen molar-refractivity contribution >= 4 is 33.6 Å². The lowest BCUT2D eigenvalue weighted by Crippen LogP contribution is -2.38. The van der Waals surface area contributed by atoms with Gasteiger partial charge in [0.15, 0.2) is 16.7 Å². The van der Waals surface area contributed by atoms with Crippen LogP contribution in [0.2, 0.25) is 0 Å². The highest BCUT2D eigenvalue weighted by atomic mass is 79.9. The summed E-state index contributed by atoms with van der Waals surface area (Å²) < 4.78 is 57.2. The quantitative estimate of drug-likeness (QED) is 0.541. The van der Waals surface area contributed by atoms with Crippen LogP contribution >= 0.6 is 27.7 Å².